The largest absolute Gasteiger partial charge is 0.326 e. The van der Waals surface area contributed by atoms with Crippen LogP contribution in [0.2, 0.25) is 0 Å². The first-order valence-electron chi connectivity index (χ1n) is 6.72. The molecule has 0 aromatic heterocycles. The number of anilines is 1. The zero-order chi connectivity index (χ0) is 13.5. The van der Waals surface area contributed by atoms with Crippen LogP contribution in [0.3, 0.4) is 0 Å². The molecule has 1 aliphatic heterocycles. The van der Waals surface area contributed by atoms with E-state index in [1.807, 2.05) is 0 Å². The van der Waals surface area contributed by atoms with E-state index in [4.69, 9.17) is 0 Å². The van der Waals surface area contributed by atoms with Crippen LogP contribution in [-0.2, 0) is 4.79 Å². The van der Waals surface area contributed by atoms with Crippen LogP contribution >= 0.6 is 12.4 Å². The second kappa shape index (κ2) is 8.89. The molecule has 112 valence electrons. The lowest BCUT2D eigenvalue weighted by molar-refractivity contribution is -0.116. The molecule has 4 nitrogen and oxygen atoms in total. The van der Waals surface area contributed by atoms with Crippen molar-refractivity contribution in [3.63, 3.8) is 0 Å². The summed E-state index contributed by atoms with van der Waals surface area (Å²) in [6.45, 7) is 4.79. The van der Waals surface area contributed by atoms with Crippen molar-refractivity contribution in [1.82, 2.24) is 10.2 Å². The monoisotopic (exact) mass is 301 g/mol. The Balaban J connectivity index is 0.00000200. The molecule has 20 heavy (non-hydrogen) atoms. The third-order valence-corrected chi connectivity index (χ3v) is 3.20. The summed E-state index contributed by atoms with van der Waals surface area (Å²) in [6, 6.07) is 5.97. The highest BCUT2D eigenvalue weighted by Gasteiger charge is 2.10. The van der Waals surface area contributed by atoms with Gasteiger partial charge < -0.3 is 15.5 Å². The highest BCUT2D eigenvalue weighted by molar-refractivity contribution is 5.90. The molecule has 1 aromatic rings. The van der Waals surface area contributed by atoms with Crippen LogP contribution in [0.4, 0.5) is 10.1 Å². The molecule has 0 bridgehead atoms. The van der Waals surface area contributed by atoms with Gasteiger partial charge in [-0.1, -0.05) is 6.07 Å². The van der Waals surface area contributed by atoms with Crippen molar-refractivity contribution in [2.75, 3.05) is 38.0 Å². The molecule has 0 unspecified atom stereocenters. The van der Waals surface area contributed by atoms with Crippen molar-refractivity contribution in [2.24, 2.45) is 0 Å². The molecule has 1 fully saturated rings. The topological polar surface area (TPSA) is 44.4 Å². The van der Waals surface area contributed by atoms with Gasteiger partial charge >= 0.3 is 0 Å². The number of hydrogen-bond acceptors (Lipinski definition) is 3. The smallest absolute Gasteiger partial charge is 0.225 e. The minimum Gasteiger partial charge on any atom is -0.326 e. The molecule has 0 saturated carbocycles. The van der Waals surface area contributed by atoms with Gasteiger partial charge in [0.15, 0.2) is 0 Å². The summed E-state index contributed by atoms with van der Waals surface area (Å²) in [5, 5.41) is 6.04. The van der Waals surface area contributed by atoms with E-state index >= 15 is 0 Å². The van der Waals surface area contributed by atoms with Crippen LogP contribution in [0.5, 0.6) is 0 Å². The number of amides is 1. The van der Waals surface area contributed by atoms with E-state index in [0.29, 0.717) is 12.1 Å². The van der Waals surface area contributed by atoms with Gasteiger partial charge in [0, 0.05) is 31.7 Å². The Labute approximate surface area is 125 Å². The fourth-order valence-corrected chi connectivity index (χ4v) is 2.17. The van der Waals surface area contributed by atoms with Crippen molar-refractivity contribution in [1.29, 1.82) is 0 Å². The highest BCUT2D eigenvalue weighted by atomic mass is 35.5. The lowest BCUT2D eigenvalue weighted by Crippen LogP contribution is -2.31. The summed E-state index contributed by atoms with van der Waals surface area (Å²) in [4.78, 5) is 14.1. The Kier molecular flexibility index (Phi) is 7.51. The summed E-state index contributed by atoms with van der Waals surface area (Å²) in [6.07, 6.45) is 1.56. The summed E-state index contributed by atoms with van der Waals surface area (Å²) in [7, 11) is 0. The molecule has 1 aromatic carbocycles. The summed E-state index contributed by atoms with van der Waals surface area (Å²) >= 11 is 0. The Morgan fingerprint density at radius 2 is 2.20 bits per heavy atom. The number of halogens is 2. The number of nitrogens with zero attached hydrogens (tertiary/aromatic N) is 1. The van der Waals surface area contributed by atoms with Gasteiger partial charge in [-0.2, -0.15) is 0 Å². The van der Waals surface area contributed by atoms with Crippen LogP contribution in [0.1, 0.15) is 12.8 Å². The van der Waals surface area contributed by atoms with Crippen molar-refractivity contribution >= 4 is 24.0 Å². The van der Waals surface area contributed by atoms with Crippen molar-refractivity contribution in [2.45, 2.75) is 12.8 Å². The van der Waals surface area contributed by atoms with Gasteiger partial charge in [0.1, 0.15) is 5.82 Å². The van der Waals surface area contributed by atoms with Gasteiger partial charge in [-0.25, -0.2) is 4.39 Å². The molecule has 0 aliphatic carbocycles. The zero-order valence-corrected chi connectivity index (χ0v) is 12.2. The third kappa shape index (κ3) is 5.86. The van der Waals surface area contributed by atoms with Gasteiger partial charge in [-0.15, -0.1) is 12.4 Å². The third-order valence-electron chi connectivity index (χ3n) is 3.20. The molecule has 6 heteroatoms. The van der Waals surface area contributed by atoms with Crippen molar-refractivity contribution in [3.8, 4) is 0 Å². The Morgan fingerprint density at radius 3 is 3.00 bits per heavy atom. The molecular weight excluding hydrogens is 281 g/mol. The molecule has 0 radical (unpaired) electrons. The highest BCUT2D eigenvalue weighted by Crippen LogP contribution is 2.09. The van der Waals surface area contributed by atoms with E-state index in [-0.39, 0.29) is 24.1 Å². The summed E-state index contributed by atoms with van der Waals surface area (Å²) in [5.74, 6) is -0.404. The maximum Gasteiger partial charge on any atom is 0.225 e. The SMILES string of the molecule is Cl.O=C(CCN1CCCNCC1)Nc1cccc(F)c1. The van der Waals surface area contributed by atoms with Crippen LogP contribution in [0.15, 0.2) is 24.3 Å². The van der Waals surface area contributed by atoms with Gasteiger partial charge in [-0.3, -0.25) is 4.79 Å². The van der Waals surface area contributed by atoms with Crippen molar-refractivity contribution < 1.29 is 9.18 Å². The first kappa shape index (κ1) is 16.9. The fraction of sp³-hybridized carbons (Fsp3) is 0.500. The number of nitrogens with one attached hydrogen (secondary N) is 2. The quantitative estimate of drug-likeness (QED) is 0.892. The minimum atomic E-state index is -0.337. The van der Waals surface area contributed by atoms with E-state index in [2.05, 4.69) is 15.5 Å². The molecule has 2 rings (SSSR count). The maximum absolute atomic E-state index is 13.0. The molecule has 1 saturated heterocycles. The zero-order valence-electron chi connectivity index (χ0n) is 11.4. The first-order valence-corrected chi connectivity index (χ1v) is 6.72. The van der Waals surface area contributed by atoms with Gasteiger partial charge in [0.05, 0.1) is 0 Å². The van der Waals surface area contributed by atoms with Crippen LogP contribution in [-0.4, -0.2) is 43.5 Å². The number of hydrogen-bond donors (Lipinski definition) is 2. The molecule has 1 amide bonds. The number of carbonyl (C=O) groups excluding carboxylic acids is 1. The van der Waals surface area contributed by atoms with E-state index in [1.54, 1.807) is 12.1 Å². The molecule has 0 spiro atoms. The Bertz CT molecular complexity index is 423. The van der Waals surface area contributed by atoms with Gasteiger partial charge in [-0.05, 0) is 37.7 Å². The second-order valence-corrected chi connectivity index (χ2v) is 4.75. The second-order valence-electron chi connectivity index (χ2n) is 4.75. The van der Waals surface area contributed by atoms with E-state index in [9.17, 15) is 9.18 Å². The van der Waals surface area contributed by atoms with Crippen LogP contribution in [0.25, 0.3) is 0 Å². The van der Waals surface area contributed by atoms with Crippen molar-refractivity contribution in [3.05, 3.63) is 30.1 Å². The molecule has 2 N–H and O–H groups in total. The summed E-state index contributed by atoms with van der Waals surface area (Å²) in [5.41, 5.74) is 0.516. The predicted octanol–water partition coefficient (Wildman–Crippen LogP) is 1.87. The molecular formula is C14H21ClFN3O. The average molecular weight is 302 g/mol. The summed E-state index contributed by atoms with van der Waals surface area (Å²) < 4.78 is 13.0. The van der Waals surface area contributed by atoms with Crippen LogP contribution in [0, 0.1) is 5.82 Å². The first-order chi connectivity index (χ1) is 9.24. The molecule has 1 heterocycles. The molecule has 0 atom stereocenters. The number of carbonyl (C=O) groups is 1. The standard InChI is InChI=1S/C14H20FN3O.ClH/c15-12-3-1-4-13(11-12)17-14(19)5-9-18-8-2-6-16-7-10-18;/h1,3-4,11,16H,2,5-10H2,(H,17,19);1H. The van der Waals surface area contributed by atoms with Crippen LogP contribution < -0.4 is 10.6 Å². The predicted molar refractivity (Wildman–Crippen MR) is 80.8 cm³/mol. The number of benzene rings is 1. The fourth-order valence-electron chi connectivity index (χ4n) is 2.17. The van der Waals surface area contributed by atoms with Gasteiger partial charge in [0.25, 0.3) is 0 Å². The Morgan fingerprint density at radius 1 is 1.35 bits per heavy atom. The normalized spacial score (nSPS) is 16.1. The lowest BCUT2D eigenvalue weighted by atomic mass is 10.3. The van der Waals surface area contributed by atoms with E-state index in [0.717, 1.165) is 39.1 Å². The maximum atomic E-state index is 13.0. The average Bonchev–Trinajstić information content (AvgIpc) is 2.65. The minimum absolute atomic E-state index is 0. The van der Waals surface area contributed by atoms with Gasteiger partial charge in [0.2, 0.25) is 5.91 Å². The van der Waals surface area contributed by atoms with E-state index in [1.165, 1.54) is 12.1 Å². The van der Waals surface area contributed by atoms with E-state index < -0.39 is 0 Å². The number of rotatable bonds is 4. The lowest BCUT2D eigenvalue weighted by Gasteiger charge is -2.18. The molecule has 1 aliphatic rings. The Hall–Kier alpha value is -1.17.